The molecule has 0 spiro atoms. The Bertz CT molecular complexity index is 418. The fraction of sp³-hybridized carbons (Fsp3) is 0.500. The van der Waals surface area contributed by atoms with Crippen molar-refractivity contribution in [3.63, 3.8) is 0 Å². The molecule has 1 atom stereocenters. The van der Waals surface area contributed by atoms with Gasteiger partial charge in [-0.2, -0.15) is 0 Å². The molecule has 4 heteroatoms. The molecule has 1 aliphatic carbocycles. The number of hydrogen-bond acceptors (Lipinski definition) is 3. The van der Waals surface area contributed by atoms with Crippen LogP contribution in [-0.2, 0) is 0 Å². The molecule has 2 rings (SSSR count). The highest BCUT2D eigenvalue weighted by atomic mass is 16.5. The van der Waals surface area contributed by atoms with E-state index in [-0.39, 0.29) is 11.9 Å². The Morgan fingerprint density at radius 1 is 1.22 bits per heavy atom. The van der Waals surface area contributed by atoms with E-state index in [1.54, 1.807) is 32.4 Å². The van der Waals surface area contributed by atoms with Crippen LogP contribution in [0.2, 0.25) is 0 Å². The highest BCUT2D eigenvalue weighted by Crippen LogP contribution is 2.32. The Hall–Kier alpha value is -1.71. The van der Waals surface area contributed by atoms with Crippen LogP contribution in [0.5, 0.6) is 11.5 Å². The number of nitrogens with one attached hydrogen (secondary N) is 1. The maximum atomic E-state index is 12.1. The van der Waals surface area contributed by atoms with Crippen LogP contribution in [0.1, 0.15) is 30.1 Å². The standard InChI is InChI=1S/C14H19NO3/c1-9(10-4-5-10)15-14(16)11-6-12(17-2)8-13(7-11)18-3/h6-10H,4-5H2,1-3H3,(H,15,16). The number of rotatable bonds is 5. The highest BCUT2D eigenvalue weighted by Gasteiger charge is 2.29. The van der Waals surface area contributed by atoms with Gasteiger partial charge in [0.25, 0.3) is 5.91 Å². The summed E-state index contributed by atoms with van der Waals surface area (Å²) >= 11 is 0. The number of amides is 1. The second-order valence-electron chi connectivity index (χ2n) is 4.70. The Kier molecular flexibility index (Phi) is 3.75. The van der Waals surface area contributed by atoms with Gasteiger partial charge in [-0.3, -0.25) is 4.79 Å². The zero-order valence-electron chi connectivity index (χ0n) is 11.0. The first-order chi connectivity index (χ1) is 8.63. The normalized spacial score (nSPS) is 15.9. The molecule has 1 N–H and O–H groups in total. The average Bonchev–Trinajstić information content (AvgIpc) is 3.22. The lowest BCUT2D eigenvalue weighted by Gasteiger charge is -2.14. The first-order valence-electron chi connectivity index (χ1n) is 6.18. The number of ether oxygens (including phenoxy) is 2. The molecule has 0 saturated heterocycles. The monoisotopic (exact) mass is 249 g/mol. The van der Waals surface area contributed by atoms with Gasteiger partial charge < -0.3 is 14.8 Å². The van der Waals surface area contributed by atoms with Crippen molar-refractivity contribution in [2.24, 2.45) is 5.92 Å². The lowest BCUT2D eigenvalue weighted by molar-refractivity contribution is 0.0935. The number of methoxy groups -OCH3 is 2. The maximum Gasteiger partial charge on any atom is 0.251 e. The summed E-state index contributed by atoms with van der Waals surface area (Å²) in [6.07, 6.45) is 2.42. The molecule has 1 aromatic rings. The van der Waals surface area contributed by atoms with Crippen LogP contribution in [0.25, 0.3) is 0 Å². The molecule has 18 heavy (non-hydrogen) atoms. The predicted octanol–water partition coefficient (Wildman–Crippen LogP) is 2.23. The third kappa shape index (κ3) is 2.94. The van der Waals surface area contributed by atoms with Crippen molar-refractivity contribution in [1.29, 1.82) is 0 Å². The summed E-state index contributed by atoms with van der Waals surface area (Å²) in [5.41, 5.74) is 0.568. The van der Waals surface area contributed by atoms with Crippen molar-refractivity contribution in [1.82, 2.24) is 5.32 Å². The Labute approximate surface area is 107 Å². The predicted molar refractivity (Wildman–Crippen MR) is 69.2 cm³/mol. The van der Waals surface area contributed by atoms with E-state index in [1.807, 2.05) is 6.92 Å². The van der Waals surface area contributed by atoms with Crippen LogP contribution in [0.15, 0.2) is 18.2 Å². The van der Waals surface area contributed by atoms with Crippen LogP contribution in [0.4, 0.5) is 0 Å². The van der Waals surface area contributed by atoms with E-state index in [4.69, 9.17) is 9.47 Å². The lowest BCUT2D eigenvalue weighted by Crippen LogP contribution is -2.33. The van der Waals surface area contributed by atoms with Crippen LogP contribution in [0.3, 0.4) is 0 Å². The van der Waals surface area contributed by atoms with E-state index >= 15 is 0 Å². The zero-order valence-corrected chi connectivity index (χ0v) is 11.0. The highest BCUT2D eigenvalue weighted by molar-refractivity contribution is 5.95. The molecule has 98 valence electrons. The molecular weight excluding hydrogens is 230 g/mol. The van der Waals surface area contributed by atoms with E-state index < -0.39 is 0 Å². The second kappa shape index (κ2) is 5.29. The van der Waals surface area contributed by atoms with Gasteiger partial charge in [-0.05, 0) is 37.8 Å². The molecule has 1 fully saturated rings. The van der Waals surface area contributed by atoms with Gasteiger partial charge in [-0.1, -0.05) is 0 Å². The summed E-state index contributed by atoms with van der Waals surface area (Å²) in [4.78, 5) is 12.1. The van der Waals surface area contributed by atoms with Crippen LogP contribution < -0.4 is 14.8 Å². The lowest BCUT2D eigenvalue weighted by atomic mass is 10.1. The first-order valence-corrected chi connectivity index (χ1v) is 6.18. The number of hydrogen-bond donors (Lipinski definition) is 1. The zero-order chi connectivity index (χ0) is 13.1. The third-order valence-electron chi connectivity index (χ3n) is 3.30. The minimum absolute atomic E-state index is 0.0772. The van der Waals surface area contributed by atoms with Gasteiger partial charge in [0, 0.05) is 17.7 Å². The van der Waals surface area contributed by atoms with Crippen LogP contribution >= 0.6 is 0 Å². The molecular formula is C14H19NO3. The summed E-state index contributed by atoms with van der Waals surface area (Å²) < 4.78 is 10.3. The van der Waals surface area contributed by atoms with Gasteiger partial charge >= 0.3 is 0 Å². The summed E-state index contributed by atoms with van der Waals surface area (Å²) in [6.45, 7) is 2.05. The fourth-order valence-corrected chi connectivity index (χ4v) is 1.94. The molecule has 4 nitrogen and oxygen atoms in total. The van der Waals surface area contributed by atoms with Crippen LogP contribution in [-0.4, -0.2) is 26.2 Å². The number of carbonyl (C=O) groups excluding carboxylic acids is 1. The largest absolute Gasteiger partial charge is 0.497 e. The van der Waals surface area contributed by atoms with E-state index in [9.17, 15) is 4.79 Å². The van der Waals surface area contributed by atoms with E-state index in [0.29, 0.717) is 23.0 Å². The van der Waals surface area contributed by atoms with Gasteiger partial charge in [0.2, 0.25) is 0 Å². The Morgan fingerprint density at radius 2 is 1.78 bits per heavy atom. The van der Waals surface area contributed by atoms with Crippen LogP contribution in [0, 0.1) is 5.92 Å². The quantitative estimate of drug-likeness (QED) is 0.870. The van der Waals surface area contributed by atoms with Crippen molar-refractivity contribution in [2.45, 2.75) is 25.8 Å². The third-order valence-corrected chi connectivity index (χ3v) is 3.30. The SMILES string of the molecule is COc1cc(OC)cc(C(=O)NC(C)C2CC2)c1. The maximum absolute atomic E-state index is 12.1. The van der Waals surface area contributed by atoms with Gasteiger partial charge in [-0.25, -0.2) is 0 Å². The van der Waals surface area contributed by atoms with Gasteiger partial charge in [-0.15, -0.1) is 0 Å². The van der Waals surface area contributed by atoms with Gasteiger partial charge in [0.1, 0.15) is 11.5 Å². The molecule has 0 aliphatic heterocycles. The Morgan fingerprint density at radius 3 is 2.22 bits per heavy atom. The Balaban J connectivity index is 2.12. The molecule has 0 heterocycles. The smallest absolute Gasteiger partial charge is 0.251 e. The van der Waals surface area contributed by atoms with Crippen molar-refractivity contribution in [2.75, 3.05) is 14.2 Å². The molecule has 0 bridgehead atoms. The average molecular weight is 249 g/mol. The summed E-state index contributed by atoms with van der Waals surface area (Å²) in [7, 11) is 3.15. The molecule has 1 aliphatic rings. The fourth-order valence-electron chi connectivity index (χ4n) is 1.94. The summed E-state index contributed by atoms with van der Waals surface area (Å²) in [6, 6.07) is 5.42. The van der Waals surface area contributed by atoms with Crippen molar-refractivity contribution in [3.05, 3.63) is 23.8 Å². The molecule has 0 aromatic heterocycles. The van der Waals surface area contributed by atoms with Crippen molar-refractivity contribution in [3.8, 4) is 11.5 Å². The molecule has 1 amide bonds. The summed E-state index contributed by atoms with van der Waals surface area (Å²) in [5.74, 6) is 1.81. The molecule has 1 saturated carbocycles. The molecule has 1 aromatic carbocycles. The summed E-state index contributed by atoms with van der Waals surface area (Å²) in [5, 5.41) is 3.01. The minimum atomic E-state index is -0.0772. The molecule has 0 radical (unpaired) electrons. The van der Waals surface area contributed by atoms with E-state index in [1.165, 1.54) is 12.8 Å². The van der Waals surface area contributed by atoms with Gasteiger partial charge in [0.05, 0.1) is 14.2 Å². The van der Waals surface area contributed by atoms with Crippen molar-refractivity contribution >= 4 is 5.91 Å². The molecule has 1 unspecified atom stereocenters. The van der Waals surface area contributed by atoms with Gasteiger partial charge in [0.15, 0.2) is 0 Å². The first kappa shape index (κ1) is 12.7. The number of benzene rings is 1. The van der Waals surface area contributed by atoms with E-state index in [0.717, 1.165) is 0 Å². The van der Waals surface area contributed by atoms with Crippen molar-refractivity contribution < 1.29 is 14.3 Å². The second-order valence-corrected chi connectivity index (χ2v) is 4.70. The minimum Gasteiger partial charge on any atom is -0.497 e. The number of carbonyl (C=O) groups is 1. The topological polar surface area (TPSA) is 47.6 Å². The van der Waals surface area contributed by atoms with E-state index in [2.05, 4.69) is 5.32 Å².